The number of ether oxygens (including phenoxy) is 1. The predicted molar refractivity (Wildman–Crippen MR) is 40.3 cm³/mol. The molecule has 0 spiro atoms. The van der Waals surface area contributed by atoms with Crippen LogP contribution in [0, 0.1) is 0 Å². The molecule has 6 heteroatoms. The molecule has 0 aliphatic carbocycles. The highest BCUT2D eigenvalue weighted by Crippen LogP contribution is 2.07. The number of nitrogens with two attached hydrogens (primary N) is 1. The van der Waals surface area contributed by atoms with Crippen LogP contribution in [0.3, 0.4) is 0 Å². The second-order valence-electron chi connectivity index (χ2n) is 2.17. The van der Waals surface area contributed by atoms with Crippen LogP contribution in [-0.2, 0) is 4.74 Å². The second kappa shape index (κ2) is 3.27. The highest BCUT2D eigenvalue weighted by atomic mass is 16.6. The second-order valence-corrected chi connectivity index (χ2v) is 2.17. The first-order chi connectivity index (χ1) is 5.24. The molecular weight excluding hydrogens is 145 g/mol. The van der Waals surface area contributed by atoms with E-state index < -0.39 is 6.09 Å². The molecule has 0 bridgehead atoms. The van der Waals surface area contributed by atoms with E-state index in [9.17, 15) is 4.79 Å². The Morgan fingerprint density at radius 3 is 3.18 bits per heavy atom. The Labute approximate surface area is 65.6 Å². The van der Waals surface area contributed by atoms with Gasteiger partial charge in [0.25, 0.3) is 0 Å². The zero-order valence-electron chi connectivity index (χ0n) is 5.93. The first kappa shape index (κ1) is 7.91. The lowest BCUT2D eigenvalue weighted by Crippen LogP contribution is -2.22. The van der Waals surface area contributed by atoms with Crippen molar-refractivity contribution >= 4 is 20.4 Å². The van der Waals surface area contributed by atoms with Crippen molar-refractivity contribution in [3.63, 3.8) is 0 Å². The number of nitrogens with zero attached hydrogens (tertiary/aromatic N) is 2. The summed E-state index contributed by atoms with van der Waals surface area (Å²) in [6, 6.07) is 0. The largest absolute Gasteiger partial charge is 0.443 e. The maximum Gasteiger partial charge on any atom is 0.397 e. The van der Waals surface area contributed by atoms with Gasteiger partial charge in [0.15, 0.2) is 0 Å². The Kier molecular flexibility index (Phi) is 2.35. The summed E-state index contributed by atoms with van der Waals surface area (Å²) < 4.78 is 4.77. The highest BCUT2D eigenvalue weighted by molar-refractivity contribution is 6.13. The van der Waals surface area contributed by atoms with E-state index in [0.717, 1.165) is 4.81 Å². The van der Waals surface area contributed by atoms with Crippen LogP contribution in [0.25, 0.3) is 0 Å². The molecular formula is C5H8BN3O2. The minimum atomic E-state index is -0.512. The number of hydrogen-bond donors (Lipinski definition) is 1. The van der Waals surface area contributed by atoms with Gasteiger partial charge in [-0.3, -0.25) is 4.99 Å². The van der Waals surface area contributed by atoms with Gasteiger partial charge in [-0.2, -0.15) is 0 Å². The fourth-order valence-electron chi connectivity index (χ4n) is 0.815. The van der Waals surface area contributed by atoms with Crippen LogP contribution in [0.2, 0.25) is 0 Å². The molecule has 1 amide bonds. The molecule has 0 aromatic carbocycles. The minimum absolute atomic E-state index is 0.257. The maximum absolute atomic E-state index is 10.6. The summed E-state index contributed by atoms with van der Waals surface area (Å²) in [5, 5.41) is 0. The molecule has 1 rings (SSSR count). The minimum Gasteiger partial charge on any atom is -0.443 e. The quantitative estimate of drug-likeness (QED) is 0.310. The first-order valence-electron chi connectivity index (χ1n) is 3.17. The van der Waals surface area contributed by atoms with Crippen molar-refractivity contribution in [3.8, 4) is 0 Å². The Hall–Kier alpha value is -1.20. The van der Waals surface area contributed by atoms with Gasteiger partial charge in [-0.05, 0) is 0 Å². The molecule has 11 heavy (non-hydrogen) atoms. The lowest BCUT2D eigenvalue weighted by Gasteiger charge is -2.02. The van der Waals surface area contributed by atoms with E-state index >= 15 is 0 Å². The van der Waals surface area contributed by atoms with E-state index in [-0.39, 0.29) is 6.10 Å². The number of hydrogen-bond acceptors (Lipinski definition) is 3. The van der Waals surface area contributed by atoms with E-state index in [1.807, 2.05) is 0 Å². The van der Waals surface area contributed by atoms with Gasteiger partial charge in [-0.15, -0.1) is 0 Å². The number of rotatable bonds is 2. The summed E-state index contributed by atoms with van der Waals surface area (Å²) in [6.07, 6.45) is 0.405. The van der Waals surface area contributed by atoms with Crippen LogP contribution >= 0.6 is 0 Å². The van der Waals surface area contributed by atoms with E-state index in [1.54, 1.807) is 0 Å². The fourth-order valence-corrected chi connectivity index (χ4v) is 0.815. The molecule has 1 aliphatic rings. The van der Waals surface area contributed by atoms with E-state index in [0.29, 0.717) is 13.1 Å². The van der Waals surface area contributed by atoms with Crippen LogP contribution in [0.5, 0.6) is 0 Å². The lowest BCUT2D eigenvalue weighted by molar-refractivity contribution is 0.140. The molecule has 58 valence electrons. The van der Waals surface area contributed by atoms with Gasteiger partial charge in [0.2, 0.25) is 7.98 Å². The van der Waals surface area contributed by atoms with Gasteiger partial charge in [0.05, 0.1) is 12.9 Å². The lowest BCUT2D eigenvalue weighted by atomic mass is 10.3. The van der Waals surface area contributed by atoms with Crippen LogP contribution in [-0.4, -0.2) is 44.4 Å². The molecule has 5 nitrogen and oxygen atoms in total. The number of carbonyl (C=O) groups excluding carboxylic acids is 1. The van der Waals surface area contributed by atoms with Gasteiger partial charge < -0.3 is 15.3 Å². The average Bonchev–Trinajstić information content (AvgIpc) is 2.28. The summed E-state index contributed by atoms with van der Waals surface area (Å²) in [7, 11) is 5.22. The van der Waals surface area contributed by atoms with Crippen LogP contribution in [0.4, 0.5) is 4.79 Å². The van der Waals surface area contributed by atoms with Crippen molar-refractivity contribution in [1.82, 2.24) is 4.81 Å². The van der Waals surface area contributed by atoms with Gasteiger partial charge >= 0.3 is 6.09 Å². The number of carbonyl (C=O) groups is 1. The SMILES string of the molecule is [B]N1C[C@H](CN=CN)OC1=O. The molecule has 1 atom stereocenters. The molecule has 2 N–H and O–H groups in total. The summed E-state index contributed by atoms with van der Waals surface area (Å²) in [6.45, 7) is 0.742. The summed E-state index contributed by atoms with van der Waals surface area (Å²) >= 11 is 0. The van der Waals surface area contributed by atoms with Gasteiger partial charge in [0, 0.05) is 6.54 Å². The van der Waals surface area contributed by atoms with Crippen LogP contribution in [0.1, 0.15) is 0 Å². The highest BCUT2D eigenvalue weighted by Gasteiger charge is 2.26. The Morgan fingerprint density at radius 1 is 2.00 bits per heavy atom. The van der Waals surface area contributed by atoms with Gasteiger partial charge in [-0.25, -0.2) is 4.79 Å². The molecule has 1 saturated heterocycles. The third-order valence-corrected chi connectivity index (χ3v) is 1.32. The van der Waals surface area contributed by atoms with Crippen molar-refractivity contribution in [2.45, 2.75) is 6.10 Å². The number of cyclic esters (lactones) is 1. The maximum atomic E-state index is 10.6. The average molecular weight is 153 g/mol. The third-order valence-electron chi connectivity index (χ3n) is 1.32. The molecule has 0 unspecified atom stereocenters. The van der Waals surface area contributed by atoms with Crippen LogP contribution < -0.4 is 5.73 Å². The van der Waals surface area contributed by atoms with Crippen LogP contribution in [0.15, 0.2) is 4.99 Å². The fraction of sp³-hybridized carbons (Fsp3) is 0.600. The Morgan fingerprint density at radius 2 is 2.73 bits per heavy atom. The van der Waals surface area contributed by atoms with Crippen molar-refractivity contribution < 1.29 is 9.53 Å². The van der Waals surface area contributed by atoms with E-state index in [1.165, 1.54) is 6.34 Å². The molecule has 0 aromatic rings. The van der Waals surface area contributed by atoms with Crippen molar-refractivity contribution in [2.75, 3.05) is 13.1 Å². The molecule has 0 aromatic heterocycles. The zero-order chi connectivity index (χ0) is 8.27. The normalized spacial score (nSPS) is 24.5. The van der Waals surface area contributed by atoms with Crippen molar-refractivity contribution in [3.05, 3.63) is 0 Å². The Bertz CT molecular complexity index is 185. The zero-order valence-corrected chi connectivity index (χ0v) is 5.93. The topological polar surface area (TPSA) is 67.9 Å². The molecule has 2 radical (unpaired) electrons. The Balaban J connectivity index is 2.35. The summed E-state index contributed by atoms with van der Waals surface area (Å²) in [4.78, 5) is 15.4. The van der Waals surface area contributed by atoms with E-state index in [2.05, 4.69) is 4.99 Å². The summed E-state index contributed by atoms with van der Waals surface area (Å²) in [5.74, 6) is 0. The molecule has 1 fully saturated rings. The molecule has 1 aliphatic heterocycles. The summed E-state index contributed by atoms with van der Waals surface area (Å²) in [5.41, 5.74) is 5.00. The number of aliphatic imine (C=N–C) groups is 1. The number of amides is 1. The smallest absolute Gasteiger partial charge is 0.397 e. The van der Waals surface area contributed by atoms with E-state index in [4.69, 9.17) is 18.5 Å². The molecule has 1 heterocycles. The standard InChI is InChI=1S/C5H8BN3O2/c6-9-2-4(1-8-3-7)11-5(9)10/h3-4H,1-2H2,(H2,7,8)/t4-/m0/s1. The van der Waals surface area contributed by atoms with Gasteiger partial charge in [0.1, 0.15) is 6.10 Å². The van der Waals surface area contributed by atoms with Crippen molar-refractivity contribution in [1.29, 1.82) is 0 Å². The first-order valence-corrected chi connectivity index (χ1v) is 3.17. The third kappa shape index (κ3) is 1.86. The monoisotopic (exact) mass is 153 g/mol. The molecule has 0 saturated carbocycles. The van der Waals surface area contributed by atoms with Crippen molar-refractivity contribution in [2.24, 2.45) is 10.7 Å². The predicted octanol–water partition coefficient (Wildman–Crippen LogP) is -1.12. The van der Waals surface area contributed by atoms with Gasteiger partial charge in [-0.1, -0.05) is 0 Å².